The number of anilines is 1. The van der Waals surface area contributed by atoms with Crippen LogP contribution in [0.1, 0.15) is 38.1 Å². The van der Waals surface area contributed by atoms with Crippen LogP contribution < -0.4 is 4.90 Å². The summed E-state index contributed by atoms with van der Waals surface area (Å²) in [4.78, 5) is 55.2. The van der Waals surface area contributed by atoms with Gasteiger partial charge in [0.1, 0.15) is 17.2 Å². The van der Waals surface area contributed by atoms with Crippen molar-refractivity contribution in [3.05, 3.63) is 104 Å². The number of ketones is 1. The van der Waals surface area contributed by atoms with Gasteiger partial charge in [0.15, 0.2) is 5.13 Å². The summed E-state index contributed by atoms with van der Waals surface area (Å²) in [6.45, 7) is 6.91. The van der Waals surface area contributed by atoms with Gasteiger partial charge in [-0.1, -0.05) is 53.8 Å². The van der Waals surface area contributed by atoms with Crippen molar-refractivity contribution < 1.29 is 29.2 Å². The van der Waals surface area contributed by atoms with E-state index in [4.69, 9.17) is 4.74 Å². The lowest BCUT2D eigenvalue weighted by Gasteiger charge is -2.23. The van der Waals surface area contributed by atoms with Gasteiger partial charge in [-0.25, -0.2) is 9.78 Å². The molecule has 2 aromatic carbocycles. The Kier molecular flexibility index (Phi) is 6.98. The maximum absolute atomic E-state index is 13.3. The third-order valence-corrected chi connectivity index (χ3v) is 6.83. The number of nitro benzene ring substituents is 1. The number of aryl methyl sites for hydroxylation is 2. The van der Waals surface area contributed by atoms with Gasteiger partial charge >= 0.3 is 11.9 Å². The number of carbonyl (C=O) groups excluding carboxylic acids is 3. The first kappa shape index (κ1) is 25.5. The average Bonchev–Trinajstić information content (AvgIpc) is 3.39. The summed E-state index contributed by atoms with van der Waals surface area (Å²) in [5.74, 6) is -2.98. The molecule has 0 spiro atoms. The Hall–Kier alpha value is -4.64. The molecule has 0 saturated carbocycles. The van der Waals surface area contributed by atoms with Gasteiger partial charge in [0.2, 0.25) is 0 Å². The van der Waals surface area contributed by atoms with Gasteiger partial charge < -0.3 is 9.84 Å². The standard InChI is InChI=1S/C26H21N3O7S/c1-4-13-36-25(33)23-15(3)27-26(37-23)28-20(16-9-11-18(12-10-16)29(34)35)19(22(31)24(28)32)21(30)17-7-5-14(2)6-8-17/h4-12,20,30H,1,13H2,2-3H3/b21-19+. The first-order valence-corrected chi connectivity index (χ1v) is 11.8. The highest BCUT2D eigenvalue weighted by molar-refractivity contribution is 7.17. The van der Waals surface area contributed by atoms with E-state index < -0.39 is 34.4 Å². The summed E-state index contributed by atoms with van der Waals surface area (Å²) in [7, 11) is 0. The van der Waals surface area contributed by atoms with Gasteiger partial charge in [-0.2, -0.15) is 0 Å². The highest BCUT2D eigenvalue weighted by Crippen LogP contribution is 2.44. The third-order valence-electron chi connectivity index (χ3n) is 5.70. The molecule has 2 heterocycles. The number of esters is 1. The topological polar surface area (TPSA) is 140 Å². The second-order valence-corrected chi connectivity index (χ2v) is 9.16. The Balaban J connectivity index is 1.89. The van der Waals surface area contributed by atoms with Crippen LogP contribution in [0.4, 0.5) is 10.8 Å². The molecule has 1 unspecified atom stereocenters. The van der Waals surface area contributed by atoms with Crippen molar-refractivity contribution >= 4 is 45.6 Å². The minimum absolute atomic E-state index is 0.0185. The number of aliphatic hydroxyl groups excluding tert-OH is 1. The lowest BCUT2D eigenvalue weighted by atomic mass is 9.95. The molecular weight excluding hydrogens is 498 g/mol. The van der Waals surface area contributed by atoms with E-state index in [-0.39, 0.29) is 33.6 Å². The Labute approximate surface area is 215 Å². The van der Waals surface area contributed by atoms with Crippen molar-refractivity contribution in [2.24, 2.45) is 0 Å². The van der Waals surface area contributed by atoms with Gasteiger partial charge in [-0.3, -0.25) is 24.6 Å². The number of nitrogens with zero attached hydrogens (tertiary/aromatic N) is 3. The van der Waals surface area contributed by atoms with E-state index in [1.165, 1.54) is 30.3 Å². The van der Waals surface area contributed by atoms with Crippen LogP contribution in [0.5, 0.6) is 0 Å². The van der Waals surface area contributed by atoms with Crippen molar-refractivity contribution in [3.63, 3.8) is 0 Å². The first-order valence-electron chi connectivity index (χ1n) is 11.0. The van der Waals surface area contributed by atoms with Crippen molar-refractivity contribution in [2.45, 2.75) is 19.9 Å². The van der Waals surface area contributed by atoms with E-state index in [0.717, 1.165) is 21.8 Å². The zero-order chi connectivity index (χ0) is 26.9. The molecule has 1 aliphatic rings. The van der Waals surface area contributed by atoms with E-state index in [2.05, 4.69) is 11.6 Å². The van der Waals surface area contributed by atoms with Crippen LogP contribution in [-0.4, -0.2) is 39.3 Å². The second-order valence-electron chi connectivity index (χ2n) is 8.18. The molecule has 0 aliphatic carbocycles. The number of rotatable bonds is 7. The molecule has 1 N–H and O–H groups in total. The second kappa shape index (κ2) is 10.2. The summed E-state index contributed by atoms with van der Waals surface area (Å²) >= 11 is 0.860. The van der Waals surface area contributed by atoms with Crippen LogP contribution in [-0.2, 0) is 14.3 Å². The third kappa shape index (κ3) is 4.76. The number of non-ortho nitro benzene ring substituents is 1. The molecule has 1 aromatic heterocycles. The summed E-state index contributed by atoms with van der Waals surface area (Å²) < 4.78 is 5.09. The molecule has 1 saturated heterocycles. The normalized spacial score (nSPS) is 16.6. The molecule has 10 nitrogen and oxygen atoms in total. The SMILES string of the molecule is C=CCOC(=O)c1sc(N2C(=O)C(=O)/C(=C(/O)c3ccc(C)cc3)C2c2ccc([N+](=O)[O-])cc2)nc1C. The molecule has 1 amide bonds. The number of Topliss-reactive ketones (excluding diaryl/α,β-unsaturated/α-hetero) is 1. The smallest absolute Gasteiger partial charge is 0.350 e. The largest absolute Gasteiger partial charge is 0.507 e. The predicted molar refractivity (Wildman–Crippen MR) is 136 cm³/mol. The van der Waals surface area contributed by atoms with E-state index in [1.54, 1.807) is 31.2 Å². The monoisotopic (exact) mass is 519 g/mol. The zero-order valence-corrected chi connectivity index (χ0v) is 20.7. The zero-order valence-electron chi connectivity index (χ0n) is 19.8. The Morgan fingerprint density at radius 3 is 2.43 bits per heavy atom. The van der Waals surface area contributed by atoms with E-state index in [1.807, 2.05) is 6.92 Å². The number of benzene rings is 2. The van der Waals surface area contributed by atoms with Gasteiger partial charge in [0, 0.05) is 17.7 Å². The number of amides is 1. The lowest BCUT2D eigenvalue weighted by molar-refractivity contribution is -0.384. The molecule has 0 radical (unpaired) electrons. The average molecular weight is 520 g/mol. The molecule has 0 bridgehead atoms. The lowest BCUT2D eigenvalue weighted by Crippen LogP contribution is -2.29. The van der Waals surface area contributed by atoms with Gasteiger partial charge in [-0.05, 0) is 31.5 Å². The van der Waals surface area contributed by atoms with Crippen LogP contribution >= 0.6 is 11.3 Å². The molecule has 1 fully saturated rings. The summed E-state index contributed by atoms with van der Waals surface area (Å²) in [6, 6.07) is 10.9. The minimum Gasteiger partial charge on any atom is -0.507 e. The highest BCUT2D eigenvalue weighted by Gasteiger charge is 2.48. The van der Waals surface area contributed by atoms with E-state index >= 15 is 0 Å². The number of thiazole rings is 1. The van der Waals surface area contributed by atoms with Gasteiger partial charge in [-0.15, -0.1) is 0 Å². The van der Waals surface area contributed by atoms with Crippen molar-refractivity contribution in [1.29, 1.82) is 0 Å². The number of ether oxygens (including phenoxy) is 1. The number of aromatic nitrogens is 1. The number of aliphatic hydroxyl groups is 1. The molecule has 4 rings (SSSR count). The maximum atomic E-state index is 13.3. The Morgan fingerprint density at radius 2 is 1.84 bits per heavy atom. The fourth-order valence-corrected chi connectivity index (χ4v) is 4.85. The number of hydrogen-bond acceptors (Lipinski definition) is 9. The molecule has 3 aromatic rings. The molecule has 1 atom stereocenters. The van der Waals surface area contributed by atoms with Crippen LogP contribution in [0.15, 0.2) is 66.8 Å². The van der Waals surface area contributed by atoms with Gasteiger partial charge in [0.05, 0.1) is 22.2 Å². The van der Waals surface area contributed by atoms with Crippen LogP contribution in [0.3, 0.4) is 0 Å². The molecule has 11 heteroatoms. The van der Waals surface area contributed by atoms with Crippen LogP contribution in [0.2, 0.25) is 0 Å². The van der Waals surface area contributed by atoms with Crippen molar-refractivity contribution in [1.82, 2.24) is 4.98 Å². The number of hydrogen-bond donors (Lipinski definition) is 1. The maximum Gasteiger partial charge on any atom is 0.350 e. The minimum atomic E-state index is -1.15. The molecule has 1 aliphatic heterocycles. The molecule has 37 heavy (non-hydrogen) atoms. The fraction of sp³-hybridized carbons (Fsp3) is 0.154. The van der Waals surface area contributed by atoms with E-state index in [0.29, 0.717) is 11.1 Å². The van der Waals surface area contributed by atoms with Crippen LogP contribution in [0.25, 0.3) is 5.76 Å². The molecule has 188 valence electrons. The Bertz CT molecular complexity index is 1460. The highest BCUT2D eigenvalue weighted by atomic mass is 32.1. The summed E-state index contributed by atoms with van der Waals surface area (Å²) in [5, 5.41) is 22.4. The van der Waals surface area contributed by atoms with Crippen LogP contribution in [0, 0.1) is 24.0 Å². The summed E-state index contributed by atoms with van der Waals surface area (Å²) in [5.41, 5.74) is 1.49. The predicted octanol–water partition coefficient (Wildman–Crippen LogP) is 4.64. The number of carbonyl (C=O) groups is 3. The summed E-state index contributed by atoms with van der Waals surface area (Å²) in [6.07, 6.45) is 1.41. The van der Waals surface area contributed by atoms with Crippen molar-refractivity contribution in [2.75, 3.05) is 11.5 Å². The Morgan fingerprint density at radius 1 is 1.19 bits per heavy atom. The molecular formula is C26H21N3O7S. The first-order chi connectivity index (χ1) is 17.6. The number of nitro groups is 1. The fourth-order valence-electron chi connectivity index (χ4n) is 3.87. The van der Waals surface area contributed by atoms with Crippen molar-refractivity contribution in [3.8, 4) is 0 Å². The quantitative estimate of drug-likeness (QED) is 0.0906. The van der Waals surface area contributed by atoms with Gasteiger partial charge in [0.25, 0.3) is 11.5 Å². The van der Waals surface area contributed by atoms with E-state index in [9.17, 15) is 29.6 Å².